The predicted octanol–water partition coefficient (Wildman–Crippen LogP) is 5.55. The molecule has 6 nitrogen and oxygen atoms in total. The predicted molar refractivity (Wildman–Crippen MR) is 126 cm³/mol. The van der Waals surface area contributed by atoms with Gasteiger partial charge in [-0.3, -0.25) is 9.03 Å². The lowest BCUT2D eigenvalue weighted by Gasteiger charge is -2.22. The molecule has 34 heavy (non-hydrogen) atoms. The van der Waals surface area contributed by atoms with Crippen LogP contribution in [0, 0.1) is 0 Å². The number of hydrogen-bond acceptors (Lipinski definition) is 5. The van der Waals surface area contributed by atoms with E-state index in [-0.39, 0.29) is 15.6 Å². The Morgan fingerprint density at radius 1 is 0.853 bits per heavy atom. The zero-order valence-electron chi connectivity index (χ0n) is 17.4. The van der Waals surface area contributed by atoms with Gasteiger partial charge in [0.25, 0.3) is 20.0 Å². The van der Waals surface area contributed by atoms with Gasteiger partial charge in [0.1, 0.15) is 4.21 Å². The average molecular weight is 527 g/mol. The number of anilines is 2. The number of sulfonamides is 2. The van der Waals surface area contributed by atoms with Gasteiger partial charge < -0.3 is 0 Å². The number of para-hydroxylation sites is 2. The van der Waals surface area contributed by atoms with E-state index in [1.54, 1.807) is 24.3 Å². The molecule has 4 aromatic rings. The van der Waals surface area contributed by atoms with Crippen LogP contribution >= 0.6 is 11.3 Å². The highest BCUT2D eigenvalue weighted by atomic mass is 32.2. The van der Waals surface area contributed by atoms with Crippen molar-refractivity contribution in [3.05, 3.63) is 84.4 Å². The number of nitrogens with one attached hydrogen (secondary N) is 1. The van der Waals surface area contributed by atoms with Crippen molar-refractivity contribution in [1.29, 1.82) is 0 Å². The first kappa shape index (κ1) is 24.0. The van der Waals surface area contributed by atoms with Crippen molar-refractivity contribution in [2.45, 2.75) is 15.3 Å². The van der Waals surface area contributed by atoms with Crippen LogP contribution in [-0.4, -0.2) is 23.9 Å². The van der Waals surface area contributed by atoms with Crippen LogP contribution in [0.1, 0.15) is 5.56 Å². The van der Waals surface area contributed by atoms with Gasteiger partial charge in [-0.05, 0) is 41.8 Å². The minimum atomic E-state index is -4.90. The van der Waals surface area contributed by atoms with Crippen LogP contribution < -0.4 is 9.03 Å². The lowest BCUT2D eigenvalue weighted by molar-refractivity contribution is -0.139. The van der Waals surface area contributed by atoms with Crippen LogP contribution in [-0.2, 0) is 26.2 Å². The van der Waals surface area contributed by atoms with Gasteiger partial charge in [-0.25, -0.2) is 16.8 Å². The molecule has 0 aliphatic rings. The quantitative estimate of drug-likeness (QED) is 0.357. The van der Waals surface area contributed by atoms with Crippen LogP contribution in [0.5, 0.6) is 0 Å². The number of alkyl halides is 3. The van der Waals surface area contributed by atoms with Gasteiger partial charge in [0.2, 0.25) is 0 Å². The standard InChI is InChI=1S/C22H17F3N2O4S3/c1-27(34(30,31)21-14-15-8-2-6-12-19(15)32-21)18-11-5-4-10-17(18)26-33(28,29)20-13-7-3-9-16(20)22(23,24)25/h2-14,26H,1H3. The number of fused-ring (bicyclic) bond motifs is 1. The topological polar surface area (TPSA) is 83.6 Å². The van der Waals surface area contributed by atoms with Crippen LogP contribution in [0.3, 0.4) is 0 Å². The maximum atomic E-state index is 13.4. The number of thiophene rings is 1. The van der Waals surface area contributed by atoms with E-state index in [4.69, 9.17) is 0 Å². The second-order valence-corrected chi connectivity index (χ2v) is 12.1. The Bertz CT molecular complexity index is 1550. The highest BCUT2D eigenvalue weighted by Crippen LogP contribution is 2.37. The molecule has 1 N–H and O–H groups in total. The molecule has 0 aliphatic carbocycles. The van der Waals surface area contributed by atoms with E-state index in [2.05, 4.69) is 4.72 Å². The Morgan fingerprint density at radius 2 is 1.47 bits per heavy atom. The molecule has 0 unspecified atom stereocenters. The van der Waals surface area contributed by atoms with E-state index >= 15 is 0 Å². The zero-order chi connectivity index (χ0) is 24.7. The molecule has 1 aromatic heterocycles. The van der Waals surface area contributed by atoms with E-state index in [1.165, 1.54) is 43.4 Å². The number of nitrogens with zero attached hydrogens (tertiary/aromatic N) is 1. The van der Waals surface area contributed by atoms with Crippen molar-refractivity contribution in [3.63, 3.8) is 0 Å². The van der Waals surface area contributed by atoms with Gasteiger partial charge in [-0.2, -0.15) is 13.2 Å². The van der Waals surface area contributed by atoms with E-state index < -0.39 is 36.7 Å². The van der Waals surface area contributed by atoms with Gasteiger partial charge >= 0.3 is 6.18 Å². The Balaban J connectivity index is 1.74. The fourth-order valence-electron chi connectivity index (χ4n) is 3.32. The third-order valence-electron chi connectivity index (χ3n) is 4.99. The molecule has 3 aromatic carbocycles. The number of halogens is 3. The van der Waals surface area contributed by atoms with E-state index in [9.17, 15) is 30.0 Å². The maximum Gasteiger partial charge on any atom is 0.417 e. The smallest absolute Gasteiger partial charge is 0.277 e. The summed E-state index contributed by atoms with van der Waals surface area (Å²) in [6.45, 7) is 0. The highest BCUT2D eigenvalue weighted by Gasteiger charge is 2.37. The van der Waals surface area contributed by atoms with Crippen LogP contribution in [0.15, 0.2) is 88.0 Å². The minimum Gasteiger partial charge on any atom is -0.277 e. The highest BCUT2D eigenvalue weighted by molar-refractivity contribution is 7.95. The molecule has 0 spiro atoms. The fourth-order valence-corrected chi connectivity index (χ4v) is 7.41. The second kappa shape index (κ2) is 8.60. The summed E-state index contributed by atoms with van der Waals surface area (Å²) in [4.78, 5) is -0.965. The third kappa shape index (κ3) is 4.48. The molecule has 0 bridgehead atoms. The van der Waals surface area contributed by atoms with Crippen LogP contribution in [0.2, 0.25) is 0 Å². The molecular weight excluding hydrogens is 509 g/mol. The Kier molecular flexibility index (Phi) is 6.08. The Morgan fingerprint density at radius 3 is 2.18 bits per heavy atom. The zero-order valence-corrected chi connectivity index (χ0v) is 19.9. The summed E-state index contributed by atoms with van der Waals surface area (Å²) in [6, 6.07) is 17.9. The molecule has 0 radical (unpaired) electrons. The number of hydrogen-bond donors (Lipinski definition) is 1. The van der Waals surface area contributed by atoms with E-state index in [1.807, 2.05) is 0 Å². The van der Waals surface area contributed by atoms with Crippen molar-refractivity contribution in [2.75, 3.05) is 16.1 Å². The van der Waals surface area contributed by atoms with Gasteiger partial charge in [0, 0.05) is 11.7 Å². The normalized spacial score (nSPS) is 12.6. The van der Waals surface area contributed by atoms with E-state index in [0.717, 1.165) is 37.9 Å². The average Bonchev–Trinajstić information content (AvgIpc) is 3.23. The molecule has 0 fully saturated rings. The lowest BCUT2D eigenvalue weighted by Crippen LogP contribution is -2.27. The van der Waals surface area contributed by atoms with Crippen LogP contribution in [0.4, 0.5) is 24.5 Å². The second-order valence-electron chi connectivity index (χ2n) is 7.19. The molecule has 0 saturated carbocycles. The lowest BCUT2D eigenvalue weighted by atomic mass is 10.2. The van der Waals surface area contributed by atoms with Crippen molar-refractivity contribution in [2.24, 2.45) is 0 Å². The summed E-state index contributed by atoms with van der Waals surface area (Å²) in [6.07, 6.45) is -4.90. The number of benzene rings is 3. The fraction of sp³-hybridized carbons (Fsp3) is 0.0909. The third-order valence-corrected chi connectivity index (χ3v) is 9.75. The van der Waals surface area contributed by atoms with Gasteiger partial charge in [-0.1, -0.05) is 42.5 Å². The number of rotatable bonds is 6. The Labute approximate surface area is 198 Å². The molecule has 0 aliphatic heterocycles. The van der Waals surface area contributed by atoms with Crippen molar-refractivity contribution < 1.29 is 30.0 Å². The van der Waals surface area contributed by atoms with Crippen molar-refractivity contribution in [1.82, 2.24) is 0 Å². The minimum absolute atomic E-state index is 0.0382. The molecule has 0 atom stereocenters. The van der Waals surface area contributed by atoms with Gasteiger partial charge in [-0.15, -0.1) is 11.3 Å². The molecule has 0 saturated heterocycles. The SMILES string of the molecule is CN(c1ccccc1NS(=O)(=O)c1ccccc1C(F)(F)F)S(=O)(=O)c1cc2ccccc2s1. The maximum absolute atomic E-state index is 13.4. The summed E-state index contributed by atoms with van der Waals surface area (Å²) >= 11 is 1.05. The van der Waals surface area contributed by atoms with Gasteiger partial charge in [0.15, 0.2) is 0 Å². The molecule has 178 valence electrons. The summed E-state index contributed by atoms with van der Waals surface area (Å²) in [7, 11) is -7.55. The van der Waals surface area contributed by atoms with Crippen molar-refractivity contribution >= 4 is 52.8 Å². The van der Waals surface area contributed by atoms with E-state index in [0.29, 0.717) is 6.07 Å². The van der Waals surface area contributed by atoms with Gasteiger partial charge in [0.05, 0.1) is 21.8 Å². The first-order chi connectivity index (χ1) is 15.9. The molecule has 1 heterocycles. The molecule has 4 rings (SSSR count). The Hall–Kier alpha value is -3.09. The first-order valence-electron chi connectivity index (χ1n) is 9.67. The largest absolute Gasteiger partial charge is 0.417 e. The molecular formula is C22H17F3N2O4S3. The molecule has 12 heteroatoms. The summed E-state index contributed by atoms with van der Waals surface area (Å²) in [5.41, 5.74) is -1.56. The summed E-state index contributed by atoms with van der Waals surface area (Å²) < 4.78 is 96.3. The summed E-state index contributed by atoms with van der Waals surface area (Å²) in [5, 5.41) is 0.734. The summed E-state index contributed by atoms with van der Waals surface area (Å²) in [5.74, 6) is 0. The monoisotopic (exact) mass is 526 g/mol. The van der Waals surface area contributed by atoms with Crippen LogP contribution in [0.25, 0.3) is 10.1 Å². The van der Waals surface area contributed by atoms with Crippen molar-refractivity contribution in [3.8, 4) is 0 Å². The molecule has 0 amide bonds. The first-order valence-corrected chi connectivity index (χ1v) is 13.4.